The largest absolute Gasteiger partial charge is 0.330 e. The van der Waals surface area contributed by atoms with Crippen LogP contribution in [0.25, 0.3) is 0 Å². The monoisotopic (exact) mass is 226 g/mol. The lowest BCUT2D eigenvalue weighted by molar-refractivity contribution is 0.418. The highest BCUT2D eigenvalue weighted by Gasteiger charge is 2.44. The third-order valence-electron chi connectivity index (χ3n) is 4.23. The summed E-state index contributed by atoms with van der Waals surface area (Å²) in [6.07, 6.45) is 6.55. The lowest BCUT2D eigenvalue weighted by atomic mass is 9.97. The molecule has 1 saturated carbocycles. The summed E-state index contributed by atoms with van der Waals surface area (Å²) in [6, 6.07) is 0. The van der Waals surface area contributed by atoms with Crippen LogP contribution in [-0.2, 0) is 0 Å². The van der Waals surface area contributed by atoms with Crippen LogP contribution in [0.15, 0.2) is 0 Å². The van der Waals surface area contributed by atoms with Gasteiger partial charge >= 0.3 is 0 Å². The SMILES string of the molecule is CCC(CCN)CCCNCC1CC1(C)C. The van der Waals surface area contributed by atoms with E-state index in [1.165, 1.54) is 45.2 Å². The first-order chi connectivity index (χ1) is 7.60. The quantitative estimate of drug-likeness (QED) is 0.593. The maximum Gasteiger partial charge on any atom is -0.00152 e. The Morgan fingerprint density at radius 1 is 1.38 bits per heavy atom. The van der Waals surface area contributed by atoms with Gasteiger partial charge in [-0.1, -0.05) is 27.2 Å². The van der Waals surface area contributed by atoms with E-state index in [-0.39, 0.29) is 0 Å². The molecular formula is C14H30N2. The lowest BCUT2D eigenvalue weighted by Crippen LogP contribution is -2.20. The molecule has 0 aromatic carbocycles. The van der Waals surface area contributed by atoms with Crippen LogP contribution in [0.3, 0.4) is 0 Å². The van der Waals surface area contributed by atoms with Crippen molar-refractivity contribution < 1.29 is 0 Å². The minimum Gasteiger partial charge on any atom is -0.330 e. The maximum absolute atomic E-state index is 5.60. The standard InChI is InChI=1S/C14H30N2/c1-4-12(7-8-15)6-5-9-16-11-13-10-14(13,2)3/h12-13,16H,4-11,15H2,1-3H3. The summed E-state index contributed by atoms with van der Waals surface area (Å²) in [5.74, 6) is 1.78. The van der Waals surface area contributed by atoms with Crippen LogP contribution in [0.2, 0.25) is 0 Å². The predicted octanol–water partition coefficient (Wildman–Crippen LogP) is 2.78. The van der Waals surface area contributed by atoms with Gasteiger partial charge < -0.3 is 11.1 Å². The van der Waals surface area contributed by atoms with Crippen molar-refractivity contribution in [2.24, 2.45) is 23.0 Å². The number of hydrogen-bond donors (Lipinski definition) is 2. The van der Waals surface area contributed by atoms with Crippen molar-refractivity contribution in [3.05, 3.63) is 0 Å². The Morgan fingerprint density at radius 2 is 2.06 bits per heavy atom. The van der Waals surface area contributed by atoms with Gasteiger partial charge in [0, 0.05) is 0 Å². The van der Waals surface area contributed by atoms with Crippen molar-refractivity contribution in [3.8, 4) is 0 Å². The molecule has 2 atom stereocenters. The van der Waals surface area contributed by atoms with E-state index in [9.17, 15) is 0 Å². The molecule has 2 heteroatoms. The van der Waals surface area contributed by atoms with E-state index in [2.05, 4.69) is 26.1 Å². The van der Waals surface area contributed by atoms with Gasteiger partial charge in [-0.3, -0.25) is 0 Å². The molecule has 96 valence electrons. The minimum absolute atomic E-state index is 0.624. The Bertz CT molecular complexity index is 189. The molecule has 1 rings (SSSR count). The van der Waals surface area contributed by atoms with Crippen LogP contribution < -0.4 is 11.1 Å². The van der Waals surface area contributed by atoms with Gasteiger partial charge in [0.05, 0.1) is 0 Å². The van der Waals surface area contributed by atoms with Crippen LogP contribution in [0.5, 0.6) is 0 Å². The summed E-state index contributed by atoms with van der Waals surface area (Å²) in [6.45, 7) is 10.3. The summed E-state index contributed by atoms with van der Waals surface area (Å²) >= 11 is 0. The Kier molecular flexibility index (Phi) is 5.77. The molecule has 0 radical (unpaired) electrons. The second-order valence-electron chi connectivity index (χ2n) is 6.09. The van der Waals surface area contributed by atoms with Crippen molar-refractivity contribution in [2.45, 2.75) is 52.9 Å². The number of nitrogens with one attached hydrogen (secondary N) is 1. The summed E-state index contributed by atoms with van der Waals surface area (Å²) in [5, 5.41) is 3.59. The van der Waals surface area contributed by atoms with E-state index in [0.717, 1.165) is 18.4 Å². The fourth-order valence-corrected chi connectivity index (χ4v) is 2.50. The maximum atomic E-state index is 5.60. The van der Waals surface area contributed by atoms with Gasteiger partial charge in [0.2, 0.25) is 0 Å². The van der Waals surface area contributed by atoms with Gasteiger partial charge in [0.15, 0.2) is 0 Å². The summed E-state index contributed by atoms with van der Waals surface area (Å²) in [5.41, 5.74) is 6.22. The van der Waals surface area contributed by atoms with Gasteiger partial charge in [0.25, 0.3) is 0 Å². The third kappa shape index (κ3) is 4.84. The van der Waals surface area contributed by atoms with Crippen molar-refractivity contribution >= 4 is 0 Å². The highest BCUT2D eigenvalue weighted by molar-refractivity contribution is 4.95. The molecule has 1 aliphatic carbocycles. The normalized spacial score (nSPS) is 24.4. The molecular weight excluding hydrogens is 196 g/mol. The van der Waals surface area contributed by atoms with Crippen LogP contribution in [0.4, 0.5) is 0 Å². The molecule has 1 aliphatic rings. The first-order valence-electron chi connectivity index (χ1n) is 7.01. The van der Waals surface area contributed by atoms with E-state index in [1.54, 1.807) is 0 Å². The lowest BCUT2D eigenvalue weighted by Gasteiger charge is -2.13. The molecule has 2 nitrogen and oxygen atoms in total. The fraction of sp³-hybridized carbons (Fsp3) is 1.00. The average Bonchev–Trinajstić information content (AvgIpc) is 2.84. The van der Waals surface area contributed by atoms with E-state index < -0.39 is 0 Å². The van der Waals surface area contributed by atoms with Gasteiger partial charge in [-0.25, -0.2) is 0 Å². The Labute approximate surface area is 101 Å². The summed E-state index contributed by atoms with van der Waals surface area (Å²) < 4.78 is 0. The molecule has 0 bridgehead atoms. The van der Waals surface area contributed by atoms with Gasteiger partial charge in [-0.15, -0.1) is 0 Å². The van der Waals surface area contributed by atoms with E-state index in [0.29, 0.717) is 5.41 Å². The van der Waals surface area contributed by atoms with E-state index >= 15 is 0 Å². The molecule has 0 spiro atoms. The highest BCUT2D eigenvalue weighted by atomic mass is 14.9. The summed E-state index contributed by atoms with van der Waals surface area (Å²) in [7, 11) is 0. The third-order valence-corrected chi connectivity index (χ3v) is 4.23. The average molecular weight is 226 g/mol. The predicted molar refractivity (Wildman–Crippen MR) is 71.4 cm³/mol. The molecule has 0 aliphatic heterocycles. The molecule has 0 amide bonds. The zero-order valence-corrected chi connectivity index (χ0v) is 11.4. The zero-order valence-electron chi connectivity index (χ0n) is 11.4. The van der Waals surface area contributed by atoms with Gasteiger partial charge in [-0.2, -0.15) is 0 Å². The van der Waals surface area contributed by atoms with E-state index in [4.69, 9.17) is 5.73 Å². The zero-order chi connectivity index (χ0) is 12.0. The second-order valence-corrected chi connectivity index (χ2v) is 6.09. The Hall–Kier alpha value is -0.0800. The van der Waals surface area contributed by atoms with Crippen LogP contribution >= 0.6 is 0 Å². The summed E-state index contributed by atoms with van der Waals surface area (Å²) in [4.78, 5) is 0. The minimum atomic E-state index is 0.624. The number of rotatable bonds is 9. The second kappa shape index (κ2) is 6.61. The number of hydrogen-bond acceptors (Lipinski definition) is 2. The molecule has 0 aromatic rings. The van der Waals surface area contributed by atoms with Gasteiger partial charge in [0.1, 0.15) is 0 Å². The smallest absolute Gasteiger partial charge is 0.00152 e. The van der Waals surface area contributed by atoms with E-state index in [1.807, 2.05) is 0 Å². The van der Waals surface area contributed by atoms with Crippen LogP contribution in [0.1, 0.15) is 52.9 Å². The van der Waals surface area contributed by atoms with Gasteiger partial charge in [-0.05, 0) is 62.6 Å². The fourth-order valence-electron chi connectivity index (χ4n) is 2.50. The Balaban J connectivity index is 1.91. The molecule has 0 aromatic heterocycles. The highest BCUT2D eigenvalue weighted by Crippen LogP contribution is 2.50. The molecule has 2 unspecified atom stereocenters. The first-order valence-corrected chi connectivity index (χ1v) is 7.01. The molecule has 16 heavy (non-hydrogen) atoms. The van der Waals surface area contributed by atoms with Crippen molar-refractivity contribution in [2.75, 3.05) is 19.6 Å². The molecule has 1 fully saturated rings. The molecule has 3 N–H and O–H groups in total. The number of nitrogens with two attached hydrogens (primary N) is 1. The van der Waals surface area contributed by atoms with Crippen LogP contribution in [-0.4, -0.2) is 19.6 Å². The van der Waals surface area contributed by atoms with Crippen LogP contribution in [0, 0.1) is 17.3 Å². The molecule has 0 heterocycles. The Morgan fingerprint density at radius 3 is 2.56 bits per heavy atom. The molecule has 0 saturated heterocycles. The first kappa shape index (κ1) is 14.0. The van der Waals surface area contributed by atoms with Crippen molar-refractivity contribution in [1.82, 2.24) is 5.32 Å². The van der Waals surface area contributed by atoms with Crippen molar-refractivity contribution in [1.29, 1.82) is 0 Å². The van der Waals surface area contributed by atoms with Crippen molar-refractivity contribution in [3.63, 3.8) is 0 Å². The topological polar surface area (TPSA) is 38.0 Å².